The number of halogens is 1. The van der Waals surface area contributed by atoms with Crippen molar-refractivity contribution in [2.75, 3.05) is 5.73 Å². The maximum atomic E-state index is 5.79. The van der Waals surface area contributed by atoms with Crippen molar-refractivity contribution in [2.24, 2.45) is 0 Å². The van der Waals surface area contributed by atoms with E-state index < -0.39 is 0 Å². The van der Waals surface area contributed by atoms with Gasteiger partial charge in [-0.1, -0.05) is 6.92 Å². The molecule has 0 saturated heterocycles. The third-order valence-electron chi connectivity index (χ3n) is 1.93. The minimum Gasteiger partial charge on any atom is -0.383 e. The molecule has 2 aromatic heterocycles. The van der Waals surface area contributed by atoms with Crippen LogP contribution >= 0.6 is 27.3 Å². The lowest BCUT2D eigenvalue weighted by Crippen LogP contribution is -2.01. The first-order valence-electron chi connectivity index (χ1n) is 4.43. The average molecular weight is 285 g/mol. The maximum Gasteiger partial charge on any atom is 0.173 e. The highest BCUT2D eigenvalue weighted by Gasteiger charge is 2.10. The Balaban J connectivity index is 2.55. The Morgan fingerprint density at radius 1 is 1.47 bits per heavy atom. The molecule has 0 spiro atoms. The molecule has 0 unspecified atom stereocenters. The molecule has 0 radical (unpaired) electrons. The molecule has 2 N–H and O–H groups in total. The van der Waals surface area contributed by atoms with Crippen molar-refractivity contribution in [3.63, 3.8) is 0 Å². The van der Waals surface area contributed by atoms with Crippen LogP contribution in [0.3, 0.4) is 0 Å². The van der Waals surface area contributed by atoms with E-state index in [1.165, 1.54) is 11.3 Å². The highest BCUT2D eigenvalue weighted by atomic mass is 79.9. The van der Waals surface area contributed by atoms with Gasteiger partial charge < -0.3 is 5.73 Å². The Bertz CT molecular complexity index is 469. The summed E-state index contributed by atoms with van der Waals surface area (Å²) in [6.45, 7) is 2.03. The van der Waals surface area contributed by atoms with Gasteiger partial charge in [0.1, 0.15) is 5.82 Å². The Morgan fingerprint density at radius 3 is 2.87 bits per heavy atom. The fraction of sp³-hybridized carbons (Fsp3) is 0.222. The summed E-state index contributed by atoms with van der Waals surface area (Å²) < 4.78 is 0.790. The summed E-state index contributed by atoms with van der Waals surface area (Å²) >= 11 is 4.88. The van der Waals surface area contributed by atoms with Gasteiger partial charge in [-0.05, 0) is 22.4 Å². The minimum absolute atomic E-state index is 0.477. The average Bonchev–Trinajstić information content (AvgIpc) is 2.75. The number of aryl methyl sites for hydroxylation is 1. The molecule has 0 aliphatic heterocycles. The van der Waals surface area contributed by atoms with E-state index in [0.717, 1.165) is 21.5 Å². The molecule has 15 heavy (non-hydrogen) atoms. The van der Waals surface area contributed by atoms with Gasteiger partial charge in [0.2, 0.25) is 0 Å². The van der Waals surface area contributed by atoms with Crippen molar-refractivity contribution in [3.8, 4) is 10.7 Å². The van der Waals surface area contributed by atoms with Crippen LogP contribution < -0.4 is 5.73 Å². The van der Waals surface area contributed by atoms with Crippen LogP contribution in [0.5, 0.6) is 0 Å². The monoisotopic (exact) mass is 284 g/mol. The lowest BCUT2D eigenvalue weighted by atomic mass is 10.3. The van der Waals surface area contributed by atoms with Gasteiger partial charge >= 0.3 is 0 Å². The Morgan fingerprint density at radius 2 is 2.27 bits per heavy atom. The van der Waals surface area contributed by atoms with Crippen LogP contribution in [0.2, 0.25) is 0 Å². The predicted octanol–water partition coefficient (Wildman–Crippen LogP) is 2.51. The number of hydrogen-bond donors (Lipinski definition) is 1. The standard InChI is InChI=1S/C9H9BrN4S/c1-2-5-7(10)8(11)14-9(13-5)6-3-12-4-15-6/h3-4H,2H2,1H3,(H2,11,13,14). The van der Waals surface area contributed by atoms with Crippen molar-refractivity contribution in [2.45, 2.75) is 13.3 Å². The molecule has 0 saturated carbocycles. The molecule has 0 fully saturated rings. The molecule has 4 nitrogen and oxygen atoms in total. The molecular formula is C9H9BrN4S. The van der Waals surface area contributed by atoms with Gasteiger partial charge in [0.25, 0.3) is 0 Å². The molecule has 0 bridgehead atoms. The quantitative estimate of drug-likeness (QED) is 0.920. The lowest BCUT2D eigenvalue weighted by Gasteiger charge is -2.05. The zero-order valence-corrected chi connectivity index (χ0v) is 10.5. The van der Waals surface area contributed by atoms with Crippen LogP contribution in [-0.2, 0) is 6.42 Å². The van der Waals surface area contributed by atoms with Gasteiger partial charge in [0.05, 0.1) is 20.6 Å². The smallest absolute Gasteiger partial charge is 0.173 e. The molecule has 0 aliphatic carbocycles. The molecule has 0 amide bonds. The van der Waals surface area contributed by atoms with E-state index >= 15 is 0 Å². The van der Waals surface area contributed by atoms with Crippen molar-refractivity contribution < 1.29 is 0 Å². The lowest BCUT2D eigenvalue weighted by molar-refractivity contribution is 0.997. The third-order valence-corrected chi connectivity index (χ3v) is 3.57. The summed E-state index contributed by atoms with van der Waals surface area (Å²) in [5, 5.41) is 0. The molecular weight excluding hydrogens is 276 g/mol. The molecule has 2 heterocycles. The Hall–Kier alpha value is -1.01. The largest absolute Gasteiger partial charge is 0.383 e. The van der Waals surface area contributed by atoms with Crippen molar-refractivity contribution in [3.05, 3.63) is 21.9 Å². The van der Waals surface area contributed by atoms with E-state index in [9.17, 15) is 0 Å². The molecule has 0 atom stereocenters. The Labute approximate surface area is 99.7 Å². The summed E-state index contributed by atoms with van der Waals surface area (Å²) in [4.78, 5) is 13.6. The van der Waals surface area contributed by atoms with Crippen LogP contribution in [0.25, 0.3) is 10.7 Å². The van der Waals surface area contributed by atoms with Crippen LogP contribution in [0.1, 0.15) is 12.6 Å². The molecule has 2 rings (SSSR count). The van der Waals surface area contributed by atoms with Crippen molar-refractivity contribution in [1.82, 2.24) is 15.0 Å². The summed E-state index contributed by atoms with van der Waals surface area (Å²) in [6, 6.07) is 0. The zero-order valence-electron chi connectivity index (χ0n) is 8.07. The number of thiazole rings is 1. The van der Waals surface area contributed by atoms with Gasteiger partial charge in [-0.3, -0.25) is 4.98 Å². The third kappa shape index (κ3) is 2.00. The number of nitrogen functional groups attached to an aromatic ring is 1. The highest BCUT2D eigenvalue weighted by molar-refractivity contribution is 9.10. The van der Waals surface area contributed by atoms with Gasteiger partial charge in [-0.2, -0.15) is 0 Å². The van der Waals surface area contributed by atoms with Gasteiger partial charge in [0, 0.05) is 6.20 Å². The van der Waals surface area contributed by atoms with E-state index in [4.69, 9.17) is 5.73 Å². The maximum absolute atomic E-state index is 5.79. The summed E-state index contributed by atoms with van der Waals surface area (Å²) in [7, 11) is 0. The van der Waals surface area contributed by atoms with E-state index in [-0.39, 0.29) is 0 Å². The second-order valence-electron chi connectivity index (χ2n) is 2.91. The topological polar surface area (TPSA) is 64.7 Å². The normalized spacial score (nSPS) is 10.5. The zero-order chi connectivity index (χ0) is 10.8. The van der Waals surface area contributed by atoms with E-state index in [1.807, 2.05) is 6.92 Å². The Kier molecular flexibility index (Phi) is 2.97. The summed E-state index contributed by atoms with van der Waals surface area (Å²) in [5.74, 6) is 1.13. The number of nitrogens with zero attached hydrogens (tertiary/aromatic N) is 3. The molecule has 0 aliphatic rings. The van der Waals surface area contributed by atoms with Gasteiger partial charge in [-0.25, -0.2) is 9.97 Å². The molecule has 78 valence electrons. The first-order valence-corrected chi connectivity index (χ1v) is 6.10. The predicted molar refractivity (Wildman–Crippen MR) is 64.6 cm³/mol. The molecule has 2 aromatic rings. The first-order chi connectivity index (χ1) is 7.22. The fourth-order valence-corrected chi connectivity index (χ4v) is 2.19. The first kappa shape index (κ1) is 10.5. The van der Waals surface area contributed by atoms with Gasteiger partial charge in [0.15, 0.2) is 5.82 Å². The SMILES string of the molecule is CCc1nc(-c2cncs2)nc(N)c1Br. The van der Waals surface area contributed by atoms with Gasteiger partial charge in [-0.15, -0.1) is 11.3 Å². The van der Waals surface area contributed by atoms with Crippen LogP contribution in [-0.4, -0.2) is 15.0 Å². The molecule has 6 heteroatoms. The molecule has 0 aromatic carbocycles. The number of nitrogens with two attached hydrogens (primary N) is 1. The number of hydrogen-bond acceptors (Lipinski definition) is 5. The van der Waals surface area contributed by atoms with Crippen molar-refractivity contribution >= 4 is 33.1 Å². The van der Waals surface area contributed by atoms with Crippen LogP contribution in [0, 0.1) is 0 Å². The van der Waals surface area contributed by atoms with E-state index in [0.29, 0.717) is 11.6 Å². The fourth-order valence-electron chi connectivity index (χ4n) is 1.18. The summed E-state index contributed by atoms with van der Waals surface area (Å²) in [5.41, 5.74) is 8.46. The number of aromatic nitrogens is 3. The number of anilines is 1. The minimum atomic E-state index is 0.477. The van der Waals surface area contributed by atoms with E-state index in [1.54, 1.807) is 11.7 Å². The summed E-state index contributed by atoms with van der Waals surface area (Å²) in [6.07, 6.45) is 2.56. The number of rotatable bonds is 2. The van der Waals surface area contributed by atoms with Crippen molar-refractivity contribution in [1.29, 1.82) is 0 Å². The highest BCUT2D eigenvalue weighted by Crippen LogP contribution is 2.26. The van der Waals surface area contributed by atoms with Crippen LogP contribution in [0.4, 0.5) is 5.82 Å². The van der Waals surface area contributed by atoms with E-state index in [2.05, 4.69) is 30.9 Å². The second kappa shape index (κ2) is 4.24. The second-order valence-corrected chi connectivity index (χ2v) is 4.59. The van der Waals surface area contributed by atoms with Crippen LogP contribution in [0.15, 0.2) is 16.2 Å².